The summed E-state index contributed by atoms with van der Waals surface area (Å²) >= 11 is 5.72. The Kier molecular flexibility index (Phi) is 4.58. The summed E-state index contributed by atoms with van der Waals surface area (Å²) in [7, 11) is -2.50. The number of hydrogen-bond donors (Lipinski definition) is 2. The highest BCUT2D eigenvalue weighted by atomic mass is 35.5. The second kappa shape index (κ2) is 6.25. The average Bonchev–Trinajstić information content (AvgIpc) is 2.47. The number of aromatic carboxylic acids is 1. The molecule has 0 amide bonds. The van der Waals surface area contributed by atoms with Crippen LogP contribution < -0.4 is 9.46 Å². The average molecular weight is 342 g/mol. The van der Waals surface area contributed by atoms with Gasteiger partial charge in [0, 0.05) is 10.7 Å². The molecule has 8 heteroatoms. The smallest absolute Gasteiger partial charge is 0.339 e. The molecular formula is C14H12ClNO5S. The van der Waals surface area contributed by atoms with Crippen LogP contribution in [-0.2, 0) is 10.0 Å². The molecular weight excluding hydrogens is 330 g/mol. The molecule has 0 aliphatic carbocycles. The largest absolute Gasteiger partial charge is 0.496 e. The number of hydrogen-bond acceptors (Lipinski definition) is 4. The topological polar surface area (TPSA) is 92.7 Å². The predicted octanol–water partition coefficient (Wildman–Crippen LogP) is 2.85. The van der Waals surface area contributed by atoms with Gasteiger partial charge in [-0.15, -0.1) is 0 Å². The van der Waals surface area contributed by atoms with E-state index in [1.165, 1.54) is 49.6 Å². The molecule has 0 atom stereocenters. The van der Waals surface area contributed by atoms with Crippen molar-refractivity contribution in [1.29, 1.82) is 0 Å². The van der Waals surface area contributed by atoms with E-state index in [0.717, 1.165) is 0 Å². The summed E-state index contributed by atoms with van der Waals surface area (Å²) in [6.45, 7) is 0. The van der Waals surface area contributed by atoms with Crippen molar-refractivity contribution in [3.63, 3.8) is 0 Å². The summed E-state index contributed by atoms with van der Waals surface area (Å²) < 4.78 is 31.7. The number of ether oxygens (including phenoxy) is 1. The summed E-state index contributed by atoms with van der Waals surface area (Å²) in [5.74, 6) is -1.08. The van der Waals surface area contributed by atoms with Crippen molar-refractivity contribution in [1.82, 2.24) is 0 Å². The maximum Gasteiger partial charge on any atom is 0.339 e. The molecule has 0 bridgehead atoms. The van der Waals surface area contributed by atoms with E-state index in [9.17, 15) is 13.2 Å². The van der Waals surface area contributed by atoms with Crippen LogP contribution in [0.4, 0.5) is 5.69 Å². The van der Waals surface area contributed by atoms with Gasteiger partial charge in [-0.1, -0.05) is 11.6 Å². The van der Waals surface area contributed by atoms with Gasteiger partial charge in [-0.2, -0.15) is 0 Å². The number of sulfonamides is 1. The maximum atomic E-state index is 12.2. The van der Waals surface area contributed by atoms with Crippen LogP contribution in [0.5, 0.6) is 5.75 Å². The standard InChI is InChI=1S/C14H12ClNO5S/c1-21-13-7-4-10(8-12(13)14(17)18)16-22(19,20)11-5-2-9(15)3-6-11/h2-8,16H,1H3,(H,17,18). The Morgan fingerprint density at radius 2 is 1.82 bits per heavy atom. The Morgan fingerprint density at radius 1 is 1.18 bits per heavy atom. The van der Waals surface area contributed by atoms with Crippen LogP contribution >= 0.6 is 11.6 Å². The first-order chi connectivity index (χ1) is 10.3. The summed E-state index contributed by atoms with van der Waals surface area (Å²) in [5.41, 5.74) is -0.0213. The van der Waals surface area contributed by atoms with Crippen molar-refractivity contribution in [3.05, 3.63) is 53.1 Å². The molecule has 22 heavy (non-hydrogen) atoms. The van der Waals surface area contributed by atoms with Crippen molar-refractivity contribution >= 4 is 33.3 Å². The minimum Gasteiger partial charge on any atom is -0.496 e. The van der Waals surface area contributed by atoms with Gasteiger partial charge in [0.1, 0.15) is 11.3 Å². The molecule has 0 spiro atoms. The van der Waals surface area contributed by atoms with Crippen molar-refractivity contribution in [2.45, 2.75) is 4.90 Å². The molecule has 0 saturated heterocycles. The third-order valence-electron chi connectivity index (χ3n) is 2.81. The molecule has 2 N–H and O–H groups in total. The van der Waals surface area contributed by atoms with Crippen LogP contribution in [0.3, 0.4) is 0 Å². The maximum absolute atomic E-state index is 12.2. The Morgan fingerprint density at radius 3 is 2.36 bits per heavy atom. The van der Waals surface area contributed by atoms with Gasteiger partial charge in [0.05, 0.1) is 12.0 Å². The third-order valence-corrected chi connectivity index (χ3v) is 4.46. The minimum absolute atomic E-state index is 0.0181. The van der Waals surface area contributed by atoms with E-state index < -0.39 is 16.0 Å². The lowest BCUT2D eigenvalue weighted by Gasteiger charge is -2.11. The summed E-state index contributed by atoms with van der Waals surface area (Å²) in [4.78, 5) is 11.2. The zero-order chi connectivity index (χ0) is 16.3. The van der Waals surface area contributed by atoms with Crippen molar-refractivity contribution in [2.24, 2.45) is 0 Å². The number of carboxylic acids is 1. The van der Waals surface area contributed by atoms with Gasteiger partial charge in [0.15, 0.2) is 0 Å². The Bertz CT molecular complexity index is 802. The molecule has 2 aromatic carbocycles. The molecule has 0 fully saturated rings. The van der Waals surface area contributed by atoms with Gasteiger partial charge in [0.25, 0.3) is 10.0 Å². The highest BCUT2D eigenvalue weighted by Crippen LogP contribution is 2.25. The number of carboxylic acid groups (broad SMARTS) is 1. The molecule has 0 aliphatic heterocycles. The predicted molar refractivity (Wildman–Crippen MR) is 82.2 cm³/mol. The van der Waals surface area contributed by atoms with E-state index in [2.05, 4.69) is 4.72 Å². The molecule has 2 aromatic rings. The minimum atomic E-state index is -3.83. The van der Waals surface area contributed by atoms with E-state index in [1.54, 1.807) is 0 Å². The first-order valence-corrected chi connectivity index (χ1v) is 7.89. The lowest BCUT2D eigenvalue weighted by molar-refractivity contribution is 0.0693. The molecule has 0 radical (unpaired) electrons. The van der Waals surface area contributed by atoms with Crippen LogP contribution in [0.15, 0.2) is 47.4 Å². The van der Waals surface area contributed by atoms with Crippen molar-refractivity contribution in [3.8, 4) is 5.75 Å². The van der Waals surface area contributed by atoms with Gasteiger partial charge < -0.3 is 9.84 Å². The summed E-state index contributed by atoms with van der Waals surface area (Å²) in [6.07, 6.45) is 0. The SMILES string of the molecule is COc1ccc(NS(=O)(=O)c2ccc(Cl)cc2)cc1C(=O)O. The molecule has 0 saturated carbocycles. The molecule has 0 aliphatic rings. The second-order valence-electron chi connectivity index (χ2n) is 4.28. The number of methoxy groups -OCH3 is 1. The van der Waals surface area contributed by atoms with Gasteiger partial charge in [-0.3, -0.25) is 4.72 Å². The monoisotopic (exact) mass is 341 g/mol. The molecule has 116 valence electrons. The zero-order valence-corrected chi connectivity index (χ0v) is 13.0. The fraction of sp³-hybridized carbons (Fsp3) is 0.0714. The molecule has 0 heterocycles. The van der Waals surface area contributed by atoms with E-state index in [4.69, 9.17) is 21.4 Å². The number of nitrogens with one attached hydrogen (secondary N) is 1. The van der Waals surface area contributed by atoms with Gasteiger partial charge >= 0.3 is 5.97 Å². The van der Waals surface area contributed by atoms with Crippen LogP contribution in [0.1, 0.15) is 10.4 Å². The van der Waals surface area contributed by atoms with E-state index in [-0.39, 0.29) is 21.9 Å². The molecule has 6 nitrogen and oxygen atoms in total. The zero-order valence-electron chi connectivity index (χ0n) is 11.4. The Hall–Kier alpha value is -2.25. The second-order valence-corrected chi connectivity index (χ2v) is 6.40. The first-order valence-electron chi connectivity index (χ1n) is 6.03. The lowest BCUT2D eigenvalue weighted by atomic mass is 10.2. The number of carbonyl (C=O) groups is 1. The van der Waals surface area contributed by atoms with Crippen LogP contribution in [0.2, 0.25) is 5.02 Å². The van der Waals surface area contributed by atoms with Gasteiger partial charge in [0.2, 0.25) is 0 Å². The van der Waals surface area contributed by atoms with E-state index >= 15 is 0 Å². The number of halogens is 1. The van der Waals surface area contributed by atoms with Crippen molar-refractivity contribution < 1.29 is 23.1 Å². The van der Waals surface area contributed by atoms with Crippen LogP contribution in [-0.4, -0.2) is 26.6 Å². The molecule has 0 unspecified atom stereocenters. The fourth-order valence-electron chi connectivity index (χ4n) is 1.77. The summed E-state index contributed by atoms with van der Waals surface area (Å²) in [6, 6.07) is 9.59. The molecule has 0 aromatic heterocycles. The Balaban J connectivity index is 2.35. The van der Waals surface area contributed by atoms with Gasteiger partial charge in [-0.25, -0.2) is 13.2 Å². The van der Waals surface area contributed by atoms with E-state index in [0.29, 0.717) is 5.02 Å². The number of rotatable bonds is 5. The van der Waals surface area contributed by atoms with Crippen molar-refractivity contribution in [2.75, 3.05) is 11.8 Å². The number of benzene rings is 2. The number of anilines is 1. The van der Waals surface area contributed by atoms with Crippen LogP contribution in [0.25, 0.3) is 0 Å². The fourth-order valence-corrected chi connectivity index (χ4v) is 2.94. The van der Waals surface area contributed by atoms with E-state index in [1.807, 2.05) is 0 Å². The highest BCUT2D eigenvalue weighted by molar-refractivity contribution is 7.92. The third kappa shape index (κ3) is 3.49. The Labute approximate surface area is 132 Å². The normalized spacial score (nSPS) is 11.0. The lowest BCUT2D eigenvalue weighted by Crippen LogP contribution is -2.13. The van der Waals surface area contributed by atoms with Crippen LogP contribution in [0, 0.1) is 0 Å². The quantitative estimate of drug-likeness (QED) is 0.872. The first kappa shape index (κ1) is 16.1. The van der Waals surface area contributed by atoms with Gasteiger partial charge in [-0.05, 0) is 42.5 Å². The molecule has 2 rings (SSSR count). The summed E-state index contributed by atoms with van der Waals surface area (Å²) in [5, 5.41) is 9.51. The highest BCUT2D eigenvalue weighted by Gasteiger charge is 2.17.